The van der Waals surface area contributed by atoms with Crippen LogP contribution in [0.3, 0.4) is 0 Å². The van der Waals surface area contributed by atoms with Gasteiger partial charge < -0.3 is 19.7 Å². The van der Waals surface area contributed by atoms with E-state index >= 15 is 0 Å². The largest absolute Gasteiger partial charge is 0.478 e. The molecule has 0 bridgehead atoms. The van der Waals surface area contributed by atoms with Crippen LogP contribution in [0.15, 0.2) is 12.1 Å². The maximum Gasteiger partial charge on any atom is 0.339 e. The standard InChI is InChI=1S/C14H10O8/c1-3-21-13(19)9-6-10(14(20)22-4-2)8(12(17)18)5-7(9)11(15)16/h1-2,5-6H,3-4H2,(H,15,16)(H,17,18). The Kier molecular flexibility index (Phi) is 5.62. The lowest BCUT2D eigenvalue weighted by atomic mass is 9.98. The van der Waals surface area contributed by atoms with Crippen LogP contribution in [0.25, 0.3) is 0 Å². The summed E-state index contributed by atoms with van der Waals surface area (Å²) in [6.45, 7) is 8.99. The Labute approximate surface area is 125 Å². The SMILES string of the molecule is [CH]COC(=O)c1cc(C(=O)OC[CH])c(C(=O)O)cc1C(=O)O. The lowest BCUT2D eigenvalue weighted by Crippen LogP contribution is -2.18. The Bertz CT molecular complexity index is 581. The fourth-order valence-corrected chi connectivity index (χ4v) is 1.60. The van der Waals surface area contributed by atoms with Gasteiger partial charge in [0.15, 0.2) is 0 Å². The van der Waals surface area contributed by atoms with Gasteiger partial charge in [0.25, 0.3) is 0 Å². The molecule has 1 rings (SSSR count). The highest BCUT2D eigenvalue weighted by molar-refractivity contribution is 6.09. The molecule has 8 heteroatoms. The molecule has 0 aliphatic carbocycles. The van der Waals surface area contributed by atoms with Gasteiger partial charge in [-0.2, -0.15) is 0 Å². The fraction of sp³-hybridized carbons (Fsp3) is 0.143. The minimum absolute atomic E-state index is 0.527. The molecule has 1 aromatic rings. The van der Waals surface area contributed by atoms with Crippen molar-refractivity contribution in [2.75, 3.05) is 13.2 Å². The highest BCUT2D eigenvalue weighted by Crippen LogP contribution is 2.20. The topological polar surface area (TPSA) is 127 Å². The van der Waals surface area contributed by atoms with E-state index in [0.717, 1.165) is 6.07 Å². The molecule has 0 heterocycles. The summed E-state index contributed by atoms with van der Waals surface area (Å²) in [6.07, 6.45) is 0. The number of carboxylic acid groups (broad SMARTS) is 2. The summed E-state index contributed by atoms with van der Waals surface area (Å²) in [4.78, 5) is 45.7. The summed E-state index contributed by atoms with van der Waals surface area (Å²) in [6, 6.07) is 1.41. The number of hydrogen-bond donors (Lipinski definition) is 2. The van der Waals surface area contributed by atoms with Crippen LogP contribution < -0.4 is 0 Å². The molecule has 0 aromatic heterocycles. The van der Waals surface area contributed by atoms with Gasteiger partial charge in [-0.25, -0.2) is 19.2 Å². The Balaban J connectivity index is 3.58. The van der Waals surface area contributed by atoms with E-state index in [1.165, 1.54) is 0 Å². The van der Waals surface area contributed by atoms with Crippen LogP contribution >= 0.6 is 0 Å². The van der Waals surface area contributed by atoms with E-state index in [2.05, 4.69) is 9.47 Å². The summed E-state index contributed by atoms with van der Waals surface area (Å²) < 4.78 is 8.93. The molecule has 22 heavy (non-hydrogen) atoms. The zero-order chi connectivity index (χ0) is 16.9. The third kappa shape index (κ3) is 3.60. The molecule has 0 saturated heterocycles. The first kappa shape index (κ1) is 17.2. The molecule has 0 fully saturated rings. The smallest absolute Gasteiger partial charge is 0.339 e. The first-order valence-corrected chi connectivity index (χ1v) is 5.72. The van der Waals surface area contributed by atoms with E-state index < -0.39 is 59.3 Å². The van der Waals surface area contributed by atoms with Crippen molar-refractivity contribution < 1.29 is 38.9 Å². The zero-order valence-corrected chi connectivity index (χ0v) is 11.1. The molecule has 0 unspecified atom stereocenters. The van der Waals surface area contributed by atoms with Crippen molar-refractivity contribution in [2.24, 2.45) is 0 Å². The van der Waals surface area contributed by atoms with E-state index in [-0.39, 0.29) is 0 Å². The molecule has 0 saturated carbocycles. The number of aromatic carboxylic acids is 2. The maximum absolute atomic E-state index is 11.7. The normalized spacial score (nSPS) is 9.91. The van der Waals surface area contributed by atoms with Crippen LogP contribution in [0.5, 0.6) is 0 Å². The van der Waals surface area contributed by atoms with Gasteiger partial charge in [0.2, 0.25) is 0 Å². The molecule has 0 amide bonds. The second-order valence-corrected chi connectivity index (χ2v) is 3.75. The highest BCUT2D eigenvalue weighted by atomic mass is 16.5. The third-order valence-corrected chi connectivity index (χ3v) is 2.49. The number of esters is 2. The number of carboxylic acids is 2. The zero-order valence-electron chi connectivity index (χ0n) is 11.1. The minimum Gasteiger partial charge on any atom is -0.478 e. The number of carbonyl (C=O) groups excluding carboxylic acids is 2. The second-order valence-electron chi connectivity index (χ2n) is 3.75. The molecule has 114 valence electrons. The van der Waals surface area contributed by atoms with Crippen LogP contribution in [0.4, 0.5) is 0 Å². The number of hydrogen-bond acceptors (Lipinski definition) is 6. The van der Waals surface area contributed by atoms with Gasteiger partial charge in [0.1, 0.15) is 0 Å². The van der Waals surface area contributed by atoms with Crippen molar-refractivity contribution in [2.45, 2.75) is 0 Å². The van der Waals surface area contributed by atoms with E-state index in [1.807, 2.05) is 0 Å². The molecule has 0 atom stereocenters. The van der Waals surface area contributed by atoms with Gasteiger partial charge in [0.05, 0.1) is 35.5 Å². The first-order chi connectivity index (χ1) is 10.3. The van der Waals surface area contributed by atoms with Crippen molar-refractivity contribution in [1.82, 2.24) is 0 Å². The lowest BCUT2D eigenvalue weighted by molar-refractivity contribution is 0.0524. The summed E-state index contributed by atoms with van der Waals surface area (Å²) in [5, 5.41) is 18.1. The lowest BCUT2D eigenvalue weighted by Gasteiger charge is -2.11. The van der Waals surface area contributed by atoms with Crippen molar-refractivity contribution in [3.63, 3.8) is 0 Å². The number of rotatable bonds is 6. The third-order valence-electron chi connectivity index (χ3n) is 2.49. The predicted molar refractivity (Wildman–Crippen MR) is 69.5 cm³/mol. The van der Waals surface area contributed by atoms with E-state index in [9.17, 15) is 19.2 Å². The van der Waals surface area contributed by atoms with E-state index in [4.69, 9.17) is 24.1 Å². The highest BCUT2D eigenvalue weighted by Gasteiger charge is 2.26. The average molecular weight is 306 g/mol. The molecule has 1 aromatic carbocycles. The van der Waals surface area contributed by atoms with Crippen LogP contribution in [-0.4, -0.2) is 47.3 Å². The minimum atomic E-state index is -1.58. The molecule has 2 N–H and O–H groups in total. The molecular weight excluding hydrogens is 296 g/mol. The van der Waals surface area contributed by atoms with Gasteiger partial charge in [-0.3, -0.25) is 0 Å². The van der Waals surface area contributed by atoms with Gasteiger partial charge in [-0.1, -0.05) is 0 Å². The summed E-state index contributed by atoms with van der Waals surface area (Å²) in [5.41, 5.74) is -2.38. The molecule has 0 spiro atoms. The van der Waals surface area contributed by atoms with Crippen LogP contribution in [-0.2, 0) is 9.47 Å². The van der Waals surface area contributed by atoms with Gasteiger partial charge in [-0.15, -0.1) is 0 Å². The Morgan fingerprint density at radius 2 is 1.09 bits per heavy atom. The molecule has 4 radical (unpaired) electrons. The summed E-state index contributed by atoms with van der Waals surface area (Å²) in [5.74, 6) is -5.41. The number of benzene rings is 1. The monoisotopic (exact) mass is 306 g/mol. The molecule has 0 aliphatic rings. The number of ether oxygens (including phenoxy) is 2. The second kappa shape index (κ2) is 7.21. The average Bonchev–Trinajstić information content (AvgIpc) is 2.46. The summed E-state index contributed by atoms with van der Waals surface area (Å²) >= 11 is 0. The Morgan fingerprint density at radius 3 is 1.36 bits per heavy atom. The molecular formula is C14H10O8. The van der Waals surface area contributed by atoms with E-state index in [0.29, 0.717) is 6.07 Å². The van der Waals surface area contributed by atoms with Gasteiger partial charge in [-0.05, 0) is 12.1 Å². The fourth-order valence-electron chi connectivity index (χ4n) is 1.60. The van der Waals surface area contributed by atoms with Crippen LogP contribution in [0.1, 0.15) is 41.4 Å². The van der Waals surface area contributed by atoms with Crippen molar-refractivity contribution in [3.8, 4) is 0 Å². The summed E-state index contributed by atoms with van der Waals surface area (Å²) in [7, 11) is 0. The van der Waals surface area contributed by atoms with Crippen molar-refractivity contribution in [1.29, 1.82) is 0 Å². The van der Waals surface area contributed by atoms with Crippen molar-refractivity contribution in [3.05, 3.63) is 48.2 Å². The van der Waals surface area contributed by atoms with Gasteiger partial charge in [0, 0.05) is 13.8 Å². The van der Waals surface area contributed by atoms with E-state index in [1.54, 1.807) is 0 Å². The number of carbonyl (C=O) groups is 4. The maximum atomic E-state index is 11.7. The van der Waals surface area contributed by atoms with Crippen LogP contribution in [0, 0.1) is 13.8 Å². The Morgan fingerprint density at radius 1 is 0.773 bits per heavy atom. The van der Waals surface area contributed by atoms with Gasteiger partial charge >= 0.3 is 23.9 Å². The van der Waals surface area contributed by atoms with Crippen LogP contribution in [0.2, 0.25) is 0 Å². The molecule has 8 nitrogen and oxygen atoms in total. The Hall–Kier alpha value is -2.90. The first-order valence-electron chi connectivity index (χ1n) is 5.72. The quantitative estimate of drug-likeness (QED) is 0.739. The predicted octanol–water partition coefficient (Wildman–Crippen LogP) is 0.819. The van der Waals surface area contributed by atoms with Crippen molar-refractivity contribution >= 4 is 23.9 Å². The molecule has 0 aliphatic heterocycles.